The second-order valence-electron chi connectivity index (χ2n) is 4.83. The van der Waals surface area contributed by atoms with Crippen molar-refractivity contribution in [1.82, 2.24) is 5.32 Å². The topological polar surface area (TPSA) is 50.4 Å². The third kappa shape index (κ3) is 4.04. The lowest BCUT2D eigenvalue weighted by Crippen LogP contribution is -2.37. The van der Waals surface area contributed by atoms with Gasteiger partial charge < -0.3 is 15.4 Å². The predicted octanol–water partition coefficient (Wildman–Crippen LogP) is 2.16. The normalized spacial score (nSPS) is 19.1. The fourth-order valence-corrected chi connectivity index (χ4v) is 2.29. The molecule has 1 aliphatic heterocycles. The van der Waals surface area contributed by atoms with Gasteiger partial charge in [-0.3, -0.25) is 4.79 Å². The fraction of sp³-hybridized carbons (Fsp3) is 0.533. The number of para-hydroxylation sites is 1. The minimum absolute atomic E-state index is 0.0777. The van der Waals surface area contributed by atoms with Crippen molar-refractivity contribution in [3.63, 3.8) is 0 Å². The number of carbonyl (C=O) groups excluding carboxylic acids is 1. The monoisotopic (exact) mass is 262 g/mol. The summed E-state index contributed by atoms with van der Waals surface area (Å²) in [6.45, 7) is 4.98. The summed E-state index contributed by atoms with van der Waals surface area (Å²) in [6.07, 6.45) is 2.03. The number of piperidine rings is 1. The number of carbonyl (C=O) groups is 1. The number of amides is 1. The molecule has 1 atom stereocenters. The fourth-order valence-electron chi connectivity index (χ4n) is 2.29. The first-order valence-corrected chi connectivity index (χ1v) is 6.98. The van der Waals surface area contributed by atoms with Gasteiger partial charge in [-0.25, -0.2) is 0 Å². The van der Waals surface area contributed by atoms with Crippen LogP contribution in [0.3, 0.4) is 0 Å². The van der Waals surface area contributed by atoms with Crippen LogP contribution in [0, 0.1) is 5.92 Å². The van der Waals surface area contributed by atoms with Crippen molar-refractivity contribution in [2.45, 2.75) is 26.4 Å². The molecule has 2 N–H and O–H groups in total. The van der Waals surface area contributed by atoms with Crippen LogP contribution >= 0.6 is 0 Å². The molecule has 0 spiro atoms. The lowest BCUT2D eigenvalue weighted by molar-refractivity contribution is -0.120. The molecule has 0 aliphatic carbocycles. The first-order valence-electron chi connectivity index (χ1n) is 6.98. The molecule has 1 aromatic rings. The Morgan fingerprint density at radius 2 is 2.32 bits per heavy atom. The van der Waals surface area contributed by atoms with Gasteiger partial charge in [0.2, 0.25) is 5.91 Å². The van der Waals surface area contributed by atoms with E-state index >= 15 is 0 Å². The summed E-state index contributed by atoms with van der Waals surface area (Å²) < 4.78 is 5.42. The molecule has 0 aromatic heterocycles. The highest BCUT2D eigenvalue weighted by molar-refractivity contribution is 5.93. The summed E-state index contributed by atoms with van der Waals surface area (Å²) in [5.41, 5.74) is 1.90. The molecule has 4 heteroatoms. The molecule has 0 bridgehead atoms. The first kappa shape index (κ1) is 14.0. The quantitative estimate of drug-likeness (QED) is 0.855. The molecule has 0 radical (unpaired) electrons. The largest absolute Gasteiger partial charge is 0.377 e. The van der Waals surface area contributed by atoms with Gasteiger partial charge >= 0.3 is 0 Å². The molecule has 1 unspecified atom stereocenters. The molecule has 4 nitrogen and oxygen atoms in total. The average Bonchev–Trinajstić information content (AvgIpc) is 2.47. The molecule has 1 aliphatic rings. The summed E-state index contributed by atoms with van der Waals surface area (Å²) in [6, 6.07) is 7.82. The van der Waals surface area contributed by atoms with Gasteiger partial charge in [0.05, 0.1) is 12.5 Å². The summed E-state index contributed by atoms with van der Waals surface area (Å²) in [7, 11) is 0. The van der Waals surface area contributed by atoms with Crippen LogP contribution in [0.2, 0.25) is 0 Å². The van der Waals surface area contributed by atoms with Crippen molar-refractivity contribution in [1.29, 1.82) is 0 Å². The van der Waals surface area contributed by atoms with Crippen molar-refractivity contribution in [2.75, 3.05) is 25.0 Å². The summed E-state index contributed by atoms with van der Waals surface area (Å²) >= 11 is 0. The van der Waals surface area contributed by atoms with Gasteiger partial charge in [0.1, 0.15) is 0 Å². The summed E-state index contributed by atoms with van der Waals surface area (Å²) in [5.74, 6) is 0.185. The van der Waals surface area contributed by atoms with E-state index in [1.165, 1.54) is 0 Å². The van der Waals surface area contributed by atoms with Crippen LogP contribution in [0.15, 0.2) is 24.3 Å². The number of nitrogens with one attached hydrogen (secondary N) is 2. The molecule has 2 rings (SSSR count). The van der Waals surface area contributed by atoms with E-state index in [1.54, 1.807) is 0 Å². The van der Waals surface area contributed by atoms with Crippen LogP contribution in [0.5, 0.6) is 0 Å². The lowest BCUT2D eigenvalue weighted by Gasteiger charge is -2.22. The van der Waals surface area contributed by atoms with E-state index in [-0.39, 0.29) is 11.8 Å². The van der Waals surface area contributed by atoms with Crippen molar-refractivity contribution in [3.05, 3.63) is 29.8 Å². The van der Waals surface area contributed by atoms with Crippen LogP contribution in [-0.4, -0.2) is 25.6 Å². The minimum Gasteiger partial charge on any atom is -0.377 e. The number of anilines is 1. The van der Waals surface area contributed by atoms with E-state index in [2.05, 4.69) is 10.6 Å². The Balaban J connectivity index is 1.99. The molecule has 1 amide bonds. The number of hydrogen-bond donors (Lipinski definition) is 2. The van der Waals surface area contributed by atoms with Gasteiger partial charge in [0.25, 0.3) is 0 Å². The number of ether oxygens (including phenoxy) is 1. The zero-order valence-electron chi connectivity index (χ0n) is 11.4. The zero-order chi connectivity index (χ0) is 13.5. The molecule has 0 saturated carbocycles. The second kappa shape index (κ2) is 7.26. The Labute approximate surface area is 114 Å². The molecule has 1 fully saturated rings. The maximum absolute atomic E-state index is 12.2. The average molecular weight is 262 g/mol. The highest BCUT2D eigenvalue weighted by Crippen LogP contribution is 2.19. The van der Waals surface area contributed by atoms with Crippen molar-refractivity contribution in [3.8, 4) is 0 Å². The molecule has 1 heterocycles. The van der Waals surface area contributed by atoms with Crippen LogP contribution in [0.1, 0.15) is 25.3 Å². The molecule has 104 valence electrons. The molecule has 1 aromatic carbocycles. The SMILES string of the molecule is CCOCc1ccccc1NC(=O)C1CCCNC1. The standard InChI is InChI=1S/C15H22N2O2/c1-2-19-11-13-6-3-4-8-14(13)17-15(18)12-7-5-9-16-10-12/h3-4,6,8,12,16H,2,5,7,9-11H2,1H3,(H,17,18). The Kier molecular flexibility index (Phi) is 5.36. The lowest BCUT2D eigenvalue weighted by atomic mass is 9.98. The summed E-state index contributed by atoms with van der Waals surface area (Å²) in [5, 5.41) is 6.30. The maximum Gasteiger partial charge on any atom is 0.228 e. The van der Waals surface area contributed by atoms with Crippen molar-refractivity contribution < 1.29 is 9.53 Å². The van der Waals surface area contributed by atoms with Crippen LogP contribution < -0.4 is 10.6 Å². The van der Waals surface area contributed by atoms with Crippen LogP contribution in [0.4, 0.5) is 5.69 Å². The Hall–Kier alpha value is -1.39. The van der Waals surface area contributed by atoms with E-state index in [4.69, 9.17) is 4.74 Å². The van der Waals surface area contributed by atoms with Gasteiger partial charge in [0.15, 0.2) is 0 Å². The van der Waals surface area contributed by atoms with E-state index < -0.39 is 0 Å². The molecular weight excluding hydrogens is 240 g/mol. The third-order valence-electron chi connectivity index (χ3n) is 3.40. The minimum atomic E-state index is 0.0777. The number of hydrogen-bond acceptors (Lipinski definition) is 3. The van der Waals surface area contributed by atoms with Gasteiger partial charge in [-0.15, -0.1) is 0 Å². The van der Waals surface area contributed by atoms with E-state index in [9.17, 15) is 4.79 Å². The van der Waals surface area contributed by atoms with E-state index in [0.29, 0.717) is 13.2 Å². The Bertz CT molecular complexity index is 414. The smallest absolute Gasteiger partial charge is 0.228 e. The number of rotatable bonds is 5. The third-order valence-corrected chi connectivity index (χ3v) is 3.40. The highest BCUT2D eigenvalue weighted by atomic mass is 16.5. The predicted molar refractivity (Wildman–Crippen MR) is 76.0 cm³/mol. The van der Waals surface area contributed by atoms with Gasteiger partial charge in [-0.1, -0.05) is 18.2 Å². The van der Waals surface area contributed by atoms with Gasteiger partial charge in [-0.05, 0) is 32.4 Å². The highest BCUT2D eigenvalue weighted by Gasteiger charge is 2.21. The molecule has 19 heavy (non-hydrogen) atoms. The van der Waals surface area contributed by atoms with Crippen LogP contribution in [-0.2, 0) is 16.1 Å². The van der Waals surface area contributed by atoms with E-state index in [1.807, 2.05) is 31.2 Å². The summed E-state index contributed by atoms with van der Waals surface area (Å²) in [4.78, 5) is 12.2. The number of benzene rings is 1. The Morgan fingerprint density at radius 3 is 3.05 bits per heavy atom. The van der Waals surface area contributed by atoms with Crippen molar-refractivity contribution in [2.24, 2.45) is 5.92 Å². The van der Waals surface area contributed by atoms with Crippen molar-refractivity contribution >= 4 is 11.6 Å². The molecular formula is C15H22N2O2. The van der Waals surface area contributed by atoms with Gasteiger partial charge in [0, 0.05) is 24.4 Å². The second-order valence-corrected chi connectivity index (χ2v) is 4.83. The Morgan fingerprint density at radius 1 is 1.47 bits per heavy atom. The molecule has 1 saturated heterocycles. The van der Waals surface area contributed by atoms with Gasteiger partial charge in [-0.2, -0.15) is 0 Å². The van der Waals surface area contributed by atoms with Crippen LogP contribution in [0.25, 0.3) is 0 Å². The first-order chi connectivity index (χ1) is 9.31. The zero-order valence-corrected chi connectivity index (χ0v) is 11.4. The maximum atomic E-state index is 12.2. The van der Waals surface area contributed by atoms with E-state index in [0.717, 1.165) is 37.2 Å².